The van der Waals surface area contributed by atoms with Crippen molar-refractivity contribution in [2.24, 2.45) is 5.73 Å². The van der Waals surface area contributed by atoms with Gasteiger partial charge in [-0.25, -0.2) is 4.98 Å². The highest BCUT2D eigenvalue weighted by Crippen LogP contribution is 2.37. The molecule has 4 heteroatoms. The molecule has 1 heterocycles. The summed E-state index contributed by atoms with van der Waals surface area (Å²) in [5.74, 6) is 1.85. The number of nitrogens with two attached hydrogens (primary N) is 1. The van der Waals surface area contributed by atoms with E-state index < -0.39 is 0 Å². The maximum atomic E-state index is 5.62. The fourth-order valence-electron chi connectivity index (χ4n) is 2.53. The van der Waals surface area contributed by atoms with Crippen molar-refractivity contribution >= 4 is 28.2 Å². The Labute approximate surface area is 112 Å². The summed E-state index contributed by atoms with van der Waals surface area (Å²) in [5.41, 5.74) is 7.91. The summed E-state index contributed by atoms with van der Waals surface area (Å²) in [6, 6.07) is 8.31. The third kappa shape index (κ3) is 2.01. The lowest BCUT2D eigenvalue weighted by atomic mass is 9.85. The Morgan fingerprint density at radius 1 is 1.39 bits per heavy atom. The Morgan fingerprint density at radius 3 is 2.83 bits per heavy atom. The standard InChI is InChI=1S/C14H17N3S/c15-13(18)8-9-17-12-7-2-1-6-11(12)16-14(17)10-4-3-5-10/h1-2,6-7,10H,3-5,8-9H2,(H2,15,18). The van der Waals surface area contributed by atoms with Gasteiger partial charge in [-0.3, -0.25) is 0 Å². The Kier molecular flexibility index (Phi) is 3.04. The first-order chi connectivity index (χ1) is 8.75. The van der Waals surface area contributed by atoms with Crippen LogP contribution in [0, 0.1) is 0 Å². The number of imidazole rings is 1. The molecule has 0 radical (unpaired) electrons. The van der Waals surface area contributed by atoms with E-state index in [1.807, 2.05) is 6.07 Å². The molecule has 2 aromatic rings. The topological polar surface area (TPSA) is 43.8 Å². The molecule has 0 unspecified atom stereocenters. The number of benzene rings is 1. The summed E-state index contributed by atoms with van der Waals surface area (Å²) >= 11 is 4.99. The van der Waals surface area contributed by atoms with Gasteiger partial charge in [-0.2, -0.15) is 0 Å². The van der Waals surface area contributed by atoms with Gasteiger partial charge in [0.15, 0.2) is 0 Å². The van der Waals surface area contributed by atoms with Crippen LogP contribution in [0.25, 0.3) is 11.0 Å². The second-order valence-corrected chi connectivity index (χ2v) is 5.48. The molecule has 1 saturated carbocycles. The zero-order chi connectivity index (χ0) is 12.5. The number of hydrogen-bond donors (Lipinski definition) is 1. The maximum Gasteiger partial charge on any atom is 0.113 e. The molecule has 0 atom stereocenters. The number of fused-ring (bicyclic) bond motifs is 1. The highest BCUT2D eigenvalue weighted by atomic mass is 32.1. The maximum absolute atomic E-state index is 5.62. The van der Waals surface area contributed by atoms with Crippen molar-refractivity contribution in [3.8, 4) is 0 Å². The second kappa shape index (κ2) is 4.69. The number of nitrogens with zero attached hydrogens (tertiary/aromatic N) is 2. The SMILES string of the molecule is NC(=S)CCn1c(C2CCC2)nc2ccccc21. The Bertz CT molecular complexity index is 584. The summed E-state index contributed by atoms with van der Waals surface area (Å²) in [4.78, 5) is 5.37. The monoisotopic (exact) mass is 259 g/mol. The Hall–Kier alpha value is -1.42. The zero-order valence-corrected chi connectivity index (χ0v) is 11.1. The van der Waals surface area contributed by atoms with Crippen molar-refractivity contribution in [2.45, 2.75) is 38.1 Å². The average molecular weight is 259 g/mol. The Balaban J connectivity index is 2.02. The van der Waals surface area contributed by atoms with Crippen molar-refractivity contribution in [3.05, 3.63) is 30.1 Å². The number of aryl methyl sites for hydroxylation is 1. The Morgan fingerprint density at radius 2 is 2.17 bits per heavy atom. The second-order valence-electron chi connectivity index (χ2n) is 4.95. The van der Waals surface area contributed by atoms with Gasteiger partial charge in [-0.05, 0) is 25.0 Å². The first-order valence-corrected chi connectivity index (χ1v) is 6.90. The summed E-state index contributed by atoms with van der Waals surface area (Å²) in [7, 11) is 0. The first-order valence-electron chi connectivity index (χ1n) is 6.49. The van der Waals surface area contributed by atoms with Crippen LogP contribution in [0.4, 0.5) is 0 Å². The highest BCUT2D eigenvalue weighted by molar-refractivity contribution is 7.80. The summed E-state index contributed by atoms with van der Waals surface area (Å²) in [5, 5.41) is 0. The van der Waals surface area contributed by atoms with Gasteiger partial charge in [0.25, 0.3) is 0 Å². The van der Waals surface area contributed by atoms with E-state index in [4.69, 9.17) is 22.9 Å². The van der Waals surface area contributed by atoms with Crippen molar-refractivity contribution in [1.82, 2.24) is 9.55 Å². The molecular weight excluding hydrogens is 242 g/mol. The van der Waals surface area contributed by atoms with Crippen LogP contribution in [-0.2, 0) is 6.54 Å². The van der Waals surface area contributed by atoms with Gasteiger partial charge >= 0.3 is 0 Å². The molecule has 0 aliphatic heterocycles. The van der Waals surface area contributed by atoms with Crippen molar-refractivity contribution in [3.63, 3.8) is 0 Å². The lowest BCUT2D eigenvalue weighted by Crippen LogP contribution is -2.18. The normalized spacial score (nSPS) is 15.8. The summed E-state index contributed by atoms with van der Waals surface area (Å²) in [6.07, 6.45) is 4.59. The van der Waals surface area contributed by atoms with Gasteiger partial charge in [-0.15, -0.1) is 0 Å². The molecule has 18 heavy (non-hydrogen) atoms. The number of para-hydroxylation sites is 2. The van der Waals surface area contributed by atoms with Crippen LogP contribution >= 0.6 is 12.2 Å². The average Bonchev–Trinajstić information content (AvgIpc) is 2.62. The molecule has 2 N–H and O–H groups in total. The van der Waals surface area contributed by atoms with Crippen LogP contribution < -0.4 is 5.73 Å². The minimum atomic E-state index is 0.576. The predicted molar refractivity (Wildman–Crippen MR) is 77.7 cm³/mol. The van der Waals surface area contributed by atoms with Crippen molar-refractivity contribution < 1.29 is 0 Å². The molecule has 0 bridgehead atoms. The number of thiocarbonyl (C=S) groups is 1. The molecule has 0 spiro atoms. The van der Waals surface area contributed by atoms with E-state index in [1.165, 1.54) is 30.6 Å². The molecule has 3 rings (SSSR count). The van der Waals surface area contributed by atoms with E-state index in [9.17, 15) is 0 Å². The zero-order valence-electron chi connectivity index (χ0n) is 10.3. The summed E-state index contributed by atoms with van der Waals surface area (Å²) < 4.78 is 2.30. The van der Waals surface area contributed by atoms with Gasteiger partial charge in [0.2, 0.25) is 0 Å². The van der Waals surface area contributed by atoms with E-state index in [1.54, 1.807) is 0 Å². The minimum absolute atomic E-state index is 0.576. The predicted octanol–water partition coefficient (Wildman–Crippen LogP) is 2.98. The lowest BCUT2D eigenvalue weighted by molar-refractivity contribution is 0.389. The molecule has 1 aliphatic carbocycles. The van der Waals surface area contributed by atoms with Crippen molar-refractivity contribution in [2.75, 3.05) is 0 Å². The number of rotatable bonds is 4. The van der Waals surface area contributed by atoms with Gasteiger partial charge in [0, 0.05) is 18.9 Å². The van der Waals surface area contributed by atoms with Crippen LogP contribution in [0.15, 0.2) is 24.3 Å². The highest BCUT2D eigenvalue weighted by Gasteiger charge is 2.25. The van der Waals surface area contributed by atoms with E-state index in [2.05, 4.69) is 22.8 Å². The van der Waals surface area contributed by atoms with E-state index in [0.29, 0.717) is 10.9 Å². The third-order valence-corrected chi connectivity index (χ3v) is 3.94. The third-order valence-electron chi connectivity index (χ3n) is 3.74. The fraction of sp³-hybridized carbons (Fsp3) is 0.429. The van der Waals surface area contributed by atoms with Crippen LogP contribution in [-0.4, -0.2) is 14.5 Å². The fourth-order valence-corrected chi connectivity index (χ4v) is 2.62. The van der Waals surface area contributed by atoms with E-state index in [-0.39, 0.29) is 0 Å². The lowest BCUT2D eigenvalue weighted by Gasteiger charge is -2.25. The largest absolute Gasteiger partial charge is 0.393 e. The first kappa shape index (κ1) is 11.7. The van der Waals surface area contributed by atoms with Crippen LogP contribution in [0.3, 0.4) is 0 Å². The quantitative estimate of drug-likeness (QED) is 0.858. The molecule has 1 aromatic heterocycles. The smallest absolute Gasteiger partial charge is 0.113 e. The molecule has 94 valence electrons. The van der Waals surface area contributed by atoms with Crippen LogP contribution in [0.5, 0.6) is 0 Å². The molecular formula is C14H17N3S. The van der Waals surface area contributed by atoms with Gasteiger partial charge in [-0.1, -0.05) is 30.8 Å². The number of aromatic nitrogens is 2. The number of hydrogen-bond acceptors (Lipinski definition) is 2. The minimum Gasteiger partial charge on any atom is -0.393 e. The molecule has 3 nitrogen and oxygen atoms in total. The summed E-state index contributed by atoms with van der Waals surface area (Å²) in [6.45, 7) is 0.849. The molecule has 0 saturated heterocycles. The van der Waals surface area contributed by atoms with E-state index >= 15 is 0 Å². The molecule has 1 fully saturated rings. The van der Waals surface area contributed by atoms with Crippen molar-refractivity contribution in [1.29, 1.82) is 0 Å². The van der Waals surface area contributed by atoms with Crippen LogP contribution in [0.1, 0.15) is 37.4 Å². The van der Waals surface area contributed by atoms with Gasteiger partial charge < -0.3 is 10.3 Å². The molecule has 0 amide bonds. The van der Waals surface area contributed by atoms with Gasteiger partial charge in [0.1, 0.15) is 5.82 Å². The van der Waals surface area contributed by atoms with E-state index in [0.717, 1.165) is 18.5 Å². The molecule has 1 aromatic carbocycles. The van der Waals surface area contributed by atoms with Crippen LogP contribution in [0.2, 0.25) is 0 Å². The molecule has 1 aliphatic rings. The van der Waals surface area contributed by atoms with Gasteiger partial charge in [0.05, 0.1) is 16.0 Å².